The van der Waals surface area contributed by atoms with Crippen molar-refractivity contribution < 1.29 is 0 Å². The fourth-order valence-electron chi connectivity index (χ4n) is 11.8. The normalized spacial score (nSPS) is 14.4. The highest BCUT2D eigenvalue weighted by atomic mass is 15.2. The Kier molecular flexibility index (Phi) is 9.81. The number of para-hydroxylation sites is 7. The monoisotopic (exact) mass is 923 g/mol. The second-order valence-corrected chi connectivity index (χ2v) is 19.0. The van der Waals surface area contributed by atoms with E-state index in [9.17, 15) is 0 Å². The van der Waals surface area contributed by atoms with Gasteiger partial charge in [0.05, 0.1) is 39.3 Å². The standard InChI is InChI=1S/C67H49N5/c1-46-60(41-42-66-67(46)56-32-18-20-34-62(56)72(66)51-29-15-6-16-30-51)69(48-23-9-3-10-24-48)54-37-40-65-59(45-54)58-44-53(36-39-64(58)71(65)50-27-13-5-14-28-50)68(47-21-7-2-8-22-47)52-35-38-63-57(43-52)55-31-17-19-33-61(55)70(63)49-25-11-4-12-26-49/h2-46,60H,1H3. The molecule has 0 saturated heterocycles. The van der Waals surface area contributed by atoms with Gasteiger partial charge in [-0.1, -0.05) is 140 Å². The molecule has 1 aliphatic carbocycles. The molecular formula is C67H49N5. The van der Waals surface area contributed by atoms with Crippen LogP contribution in [0.2, 0.25) is 0 Å². The molecule has 14 rings (SSSR count). The van der Waals surface area contributed by atoms with E-state index in [0.29, 0.717) is 0 Å². The summed E-state index contributed by atoms with van der Waals surface area (Å²) in [6.45, 7) is 2.41. The van der Waals surface area contributed by atoms with Crippen LogP contribution in [0.3, 0.4) is 0 Å². The van der Waals surface area contributed by atoms with E-state index < -0.39 is 0 Å². The summed E-state index contributed by atoms with van der Waals surface area (Å²) >= 11 is 0. The van der Waals surface area contributed by atoms with Gasteiger partial charge in [-0.25, -0.2) is 0 Å². The predicted octanol–water partition coefficient (Wildman–Crippen LogP) is 17.6. The van der Waals surface area contributed by atoms with Gasteiger partial charge in [0.15, 0.2) is 0 Å². The van der Waals surface area contributed by atoms with Gasteiger partial charge >= 0.3 is 0 Å². The summed E-state index contributed by atoms with van der Waals surface area (Å²) in [5.74, 6) is 0.159. The topological polar surface area (TPSA) is 21.3 Å². The molecule has 10 aromatic carbocycles. The van der Waals surface area contributed by atoms with E-state index in [2.05, 4.69) is 297 Å². The number of aromatic nitrogens is 3. The van der Waals surface area contributed by atoms with Gasteiger partial charge in [-0.2, -0.15) is 0 Å². The van der Waals surface area contributed by atoms with Crippen LogP contribution in [0, 0.1) is 0 Å². The first kappa shape index (κ1) is 41.6. The third-order valence-corrected chi connectivity index (χ3v) is 14.9. The van der Waals surface area contributed by atoms with Crippen molar-refractivity contribution in [1.29, 1.82) is 0 Å². The van der Waals surface area contributed by atoms with Crippen LogP contribution < -0.4 is 9.80 Å². The smallest absolute Gasteiger partial charge is 0.0593 e. The van der Waals surface area contributed by atoms with Crippen molar-refractivity contribution in [2.24, 2.45) is 0 Å². The number of fused-ring (bicyclic) bond motifs is 9. The molecule has 0 radical (unpaired) electrons. The second-order valence-electron chi connectivity index (χ2n) is 19.0. The zero-order valence-corrected chi connectivity index (χ0v) is 39.8. The van der Waals surface area contributed by atoms with E-state index in [-0.39, 0.29) is 12.0 Å². The van der Waals surface area contributed by atoms with Crippen molar-refractivity contribution in [3.63, 3.8) is 0 Å². The molecule has 72 heavy (non-hydrogen) atoms. The van der Waals surface area contributed by atoms with Gasteiger partial charge in [0.25, 0.3) is 0 Å². The summed E-state index contributed by atoms with van der Waals surface area (Å²) < 4.78 is 7.24. The second kappa shape index (κ2) is 17.0. The lowest BCUT2D eigenvalue weighted by Crippen LogP contribution is -2.35. The van der Waals surface area contributed by atoms with Gasteiger partial charge < -0.3 is 23.5 Å². The highest BCUT2D eigenvalue weighted by molar-refractivity contribution is 6.13. The van der Waals surface area contributed by atoms with Gasteiger partial charge in [-0.05, 0) is 139 Å². The molecular weight excluding hydrogens is 875 g/mol. The van der Waals surface area contributed by atoms with Crippen molar-refractivity contribution in [2.45, 2.75) is 18.9 Å². The zero-order chi connectivity index (χ0) is 47.7. The summed E-state index contributed by atoms with van der Waals surface area (Å²) in [6.07, 6.45) is 4.80. The lowest BCUT2D eigenvalue weighted by Gasteiger charge is -2.38. The van der Waals surface area contributed by atoms with Crippen LogP contribution in [0.5, 0.6) is 0 Å². The molecule has 342 valence electrons. The number of benzene rings is 10. The van der Waals surface area contributed by atoms with Crippen LogP contribution in [0.1, 0.15) is 24.1 Å². The van der Waals surface area contributed by atoms with Crippen LogP contribution in [-0.2, 0) is 0 Å². The van der Waals surface area contributed by atoms with Crippen molar-refractivity contribution >= 4 is 89.0 Å². The SMILES string of the molecule is CC1c2c(n(-c3ccccc3)c3ccccc23)C=CC1N(c1ccccc1)c1ccc2c(c1)c1cc(N(c3ccccc3)c3ccc4c(c3)c3ccccc3n4-c3ccccc3)ccc1n2-c1ccccc1. The third kappa shape index (κ3) is 6.62. The molecule has 5 heteroatoms. The van der Waals surface area contributed by atoms with Gasteiger partial charge in [-0.15, -0.1) is 0 Å². The Labute approximate surface area is 418 Å². The van der Waals surface area contributed by atoms with Crippen LogP contribution in [-0.4, -0.2) is 19.7 Å². The average Bonchev–Trinajstić information content (AvgIpc) is 4.09. The molecule has 0 saturated carbocycles. The minimum absolute atomic E-state index is 0.0294. The largest absolute Gasteiger partial charge is 0.334 e. The summed E-state index contributed by atoms with van der Waals surface area (Å²) in [6, 6.07) is 92.8. The van der Waals surface area contributed by atoms with Crippen LogP contribution in [0.15, 0.2) is 261 Å². The molecule has 13 aromatic rings. The number of hydrogen-bond donors (Lipinski definition) is 0. The fourth-order valence-corrected chi connectivity index (χ4v) is 11.8. The number of hydrogen-bond acceptors (Lipinski definition) is 2. The Hall–Kier alpha value is -9.32. The van der Waals surface area contributed by atoms with Crippen molar-refractivity contribution in [3.05, 3.63) is 272 Å². The molecule has 3 heterocycles. The molecule has 3 aromatic heterocycles. The average molecular weight is 924 g/mol. The van der Waals surface area contributed by atoms with Crippen molar-refractivity contribution in [2.75, 3.05) is 9.80 Å². The minimum Gasteiger partial charge on any atom is -0.334 e. The molecule has 0 N–H and O–H groups in total. The first-order valence-electron chi connectivity index (χ1n) is 25.0. The first-order chi connectivity index (χ1) is 35.7. The van der Waals surface area contributed by atoms with E-state index in [1.165, 1.54) is 60.4 Å². The maximum absolute atomic E-state index is 2.56. The summed E-state index contributed by atoms with van der Waals surface area (Å²) in [4.78, 5) is 4.97. The first-order valence-corrected chi connectivity index (χ1v) is 25.0. The lowest BCUT2D eigenvalue weighted by molar-refractivity contribution is 0.642. The Balaban J connectivity index is 0.960. The maximum atomic E-state index is 2.56. The predicted molar refractivity (Wildman–Crippen MR) is 303 cm³/mol. The highest BCUT2D eigenvalue weighted by Crippen LogP contribution is 2.47. The van der Waals surface area contributed by atoms with Crippen LogP contribution >= 0.6 is 0 Å². The summed E-state index contributed by atoms with van der Waals surface area (Å²) in [5, 5.41) is 6.11. The molecule has 0 bridgehead atoms. The van der Waals surface area contributed by atoms with Gasteiger partial charge in [0, 0.05) is 78.3 Å². The van der Waals surface area contributed by atoms with Crippen LogP contribution in [0.4, 0.5) is 28.4 Å². The Morgan fingerprint density at radius 3 is 1.25 bits per heavy atom. The van der Waals surface area contributed by atoms with Gasteiger partial charge in [0.1, 0.15) is 0 Å². The molecule has 0 amide bonds. The van der Waals surface area contributed by atoms with E-state index in [4.69, 9.17) is 0 Å². The fraction of sp³-hybridized carbons (Fsp3) is 0.0448. The van der Waals surface area contributed by atoms with E-state index in [1.54, 1.807) is 0 Å². The number of rotatable bonds is 9. The molecule has 1 aliphatic rings. The Morgan fingerprint density at radius 1 is 0.319 bits per heavy atom. The molecule has 0 spiro atoms. The van der Waals surface area contributed by atoms with E-state index >= 15 is 0 Å². The maximum Gasteiger partial charge on any atom is 0.0593 e. The molecule has 2 unspecified atom stereocenters. The Bertz CT molecular complexity index is 4170. The lowest BCUT2D eigenvalue weighted by atomic mass is 9.85. The van der Waals surface area contributed by atoms with Gasteiger partial charge in [0.2, 0.25) is 0 Å². The molecule has 5 nitrogen and oxygen atoms in total. The van der Waals surface area contributed by atoms with E-state index in [0.717, 1.165) is 50.8 Å². The summed E-state index contributed by atoms with van der Waals surface area (Å²) in [7, 11) is 0. The Morgan fingerprint density at radius 2 is 0.708 bits per heavy atom. The van der Waals surface area contributed by atoms with Crippen molar-refractivity contribution in [3.8, 4) is 17.1 Å². The number of nitrogens with zero attached hydrogens (tertiary/aromatic N) is 5. The quantitative estimate of drug-likeness (QED) is 0.144. The van der Waals surface area contributed by atoms with E-state index in [1.807, 2.05) is 0 Å². The van der Waals surface area contributed by atoms with Crippen molar-refractivity contribution in [1.82, 2.24) is 13.7 Å². The molecule has 2 atom stereocenters. The highest BCUT2D eigenvalue weighted by Gasteiger charge is 2.34. The third-order valence-electron chi connectivity index (χ3n) is 14.9. The molecule has 0 aliphatic heterocycles. The van der Waals surface area contributed by atoms with Gasteiger partial charge in [-0.3, -0.25) is 0 Å². The zero-order valence-electron chi connectivity index (χ0n) is 39.8. The summed E-state index contributed by atoms with van der Waals surface area (Å²) in [5.41, 5.74) is 17.6. The molecule has 0 fully saturated rings. The van der Waals surface area contributed by atoms with Crippen LogP contribution in [0.25, 0.3) is 77.7 Å². The minimum atomic E-state index is 0.0294. The number of anilines is 5.